The fraction of sp³-hybridized carbons (Fsp3) is 0.143. The van der Waals surface area contributed by atoms with Gasteiger partial charge in [0.1, 0.15) is 5.82 Å². The molecule has 0 heterocycles. The van der Waals surface area contributed by atoms with Crippen LogP contribution < -0.4 is 4.74 Å². The molecule has 0 bridgehead atoms. The van der Waals surface area contributed by atoms with Crippen LogP contribution >= 0.6 is 0 Å². The van der Waals surface area contributed by atoms with Crippen LogP contribution in [-0.2, 0) is 0 Å². The molecule has 0 aliphatic carbocycles. The number of hydrogen-bond donors (Lipinski definition) is 1. The zero-order valence-corrected chi connectivity index (χ0v) is 10.9. The molecule has 0 spiro atoms. The van der Waals surface area contributed by atoms with Crippen LogP contribution in [0.5, 0.6) is 11.5 Å². The molecule has 0 unspecified atom stereocenters. The van der Waals surface area contributed by atoms with E-state index in [0.717, 1.165) is 18.2 Å². The topological polar surface area (TPSA) is 72.6 Å². The number of halogens is 2. The number of benzene rings is 2. The summed E-state index contributed by atoms with van der Waals surface area (Å²) in [5.41, 5.74) is -0.262. The predicted molar refractivity (Wildman–Crippen MR) is 70.2 cm³/mol. The lowest BCUT2D eigenvalue weighted by Gasteiger charge is -2.10. The van der Waals surface area contributed by atoms with Crippen molar-refractivity contribution in [3.8, 4) is 11.5 Å². The van der Waals surface area contributed by atoms with Crippen LogP contribution in [0.15, 0.2) is 36.4 Å². The lowest BCUT2D eigenvalue weighted by Crippen LogP contribution is -1.97. The SMILES string of the molecule is C[C@H](O)c1ccc(Oc2ccc(F)cc2[N+](=O)[O-])c(F)c1. The molecule has 5 nitrogen and oxygen atoms in total. The molecule has 2 aromatic carbocycles. The van der Waals surface area contributed by atoms with Gasteiger partial charge in [-0.3, -0.25) is 10.1 Å². The average Bonchev–Trinajstić information content (AvgIpc) is 2.42. The summed E-state index contributed by atoms with van der Waals surface area (Å²) < 4.78 is 32.0. The molecule has 0 aliphatic rings. The Kier molecular flexibility index (Phi) is 4.13. The maximum atomic E-state index is 13.8. The van der Waals surface area contributed by atoms with Gasteiger partial charge in [-0.1, -0.05) is 6.07 Å². The molecule has 0 fully saturated rings. The van der Waals surface area contributed by atoms with Crippen LogP contribution in [0.2, 0.25) is 0 Å². The van der Waals surface area contributed by atoms with E-state index >= 15 is 0 Å². The van der Waals surface area contributed by atoms with Gasteiger partial charge in [-0.05, 0) is 36.8 Å². The number of aliphatic hydroxyl groups is 1. The number of nitro groups is 1. The van der Waals surface area contributed by atoms with Crippen molar-refractivity contribution >= 4 is 5.69 Å². The Morgan fingerprint density at radius 1 is 1.19 bits per heavy atom. The molecular weight excluding hydrogens is 284 g/mol. The van der Waals surface area contributed by atoms with Crippen molar-refractivity contribution in [2.24, 2.45) is 0 Å². The fourth-order valence-corrected chi connectivity index (χ4v) is 1.70. The molecular formula is C14H11F2NO4. The van der Waals surface area contributed by atoms with Gasteiger partial charge in [-0.2, -0.15) is 0 Å². The minimum absolute atomic E-state index is 0.255. The smallest absolute Gasteiger partial charge is 0.314 e. The highest BCUT2D eigenvalue weighted by atomic mass is 19.1. The van der Waals surface area contributed by atoms with Crippen molar-refractivity contribution in [2.45, 2.75) is 13.0 Å². The van der Waals surface area contributed by atoms with Gasteiger partial charge in [0.25, 0.3) is 0 Å². The van der Waals surface area contributed by atoms with Crippen LogP contribution in [0.4, 0.5) is 14.5 Å². The third-order valence-electron chi connectivity index (χ3n) is 2.78. The fourth-order valence-electron chi connectivity index (χ4n) is 1.70. The Morgan fingerprint density at radius 2 is 1.86 bits per heavy atom. The molecule has 1 N–H and O–H groups in total. The quantitative estimate of drug-likeness (QED) is 0.689. The highest BCUT2D eigenvalue weighted by Gasteiger charge is 2.18. The van der Waals surface area contributed by atoms with E-state index in [4.69, 9.17) is 4.74 Å². The summed E-state index contributed by atoms with van der Waals surface area (Å²) in [6, 6.07) is 6.45. The summed E-state index contributed by atoms with van der Waals surface area (Å²) in [7, 11) is 0. The third-order valence-corrected chi connectivity index (χ3v) is 2.78. The van der Waals surface area contributed by atoms with Crippen molar-refractivity contribution in [3.63, 3.8) is 0 Å². The number of nitrogens with zero attached hydrogens (tertiary/aromatic N) is 1. The van der Waals surface area contributed by atoms with E-state index in [2.05, 4.69) is 0 Å². The lowest BCUT2D eigenvalue weighted by atomic mass is 10.1. The molecule has 0 aromatic heterocycles. The highest BCUT2D eigenvalue weighted by Crippen LogP contribution is 2.33. The minimum Gasteiger partial charge on any atom is -0.447 e. The van der Waals surface area contributed by atoms with Crippen molar-refractivity contribution < 1.29 is 23.5 Å². The Morgan fingerprint density at radius 3 is 2.43 bits per heavy atom. The molecule has 21 heavy (non-hydrogen) atoms. The Bertz CT molecular complexity index is 689. The molecule has 0 aliphatic heterocycles. The lowest BCUT2D eigenvalue weighted by molar-refractivity contribution is -0.385. The van der Waals surface area contributed by atoms with E-state index in [1.807, 2.05) is 0 Å². The van der Waals surface area contributed by atoms with E-state index in [1.54, 1.807) is 0 Å². The van der Waals surface area contributed by atoms with E-state index in [0.29, 0.717) is 11.6 Å². The summed E-state index contributed by atoms with van der Waals surface area (Å²) in [5.74, 6) is -2.11. The van der Waals surface area contributed by atoms with Crippen LogP contribution in [-0.4, -0.2) is 10.0 Å². The summed E-state index contributed by atoms with van der Waals surface area (Å²) in [4.78, 5) is 10.0. The summed E-state index contributed by atoms with van der Waals surface area (Å²) in [6.45, 7) is 1.47. The molecule has 110 valence electrons. The second-order valence-electron chi connectivity index (χ2n) is 4.34. The molecule has 2 aromatic rings. The van der Waals surface area contributed by atoms with Crippen LogP contribution in [0, 0.1) is 21.7 Å². The average molecular weight is 295 g/mol. The van der Waals surface area contributed by atoms with Gasteiger partial charge in [0.2, 0.25) is 5.75 Å². The summed E-state index contributed by atoms with van der Waals surface area (Å²) >= 11 is 0. The highest BCUT2D eigenvalue weighted by molar-refractivity contribution is 5.49. The van der Waals surface area contributed by atoms with Crippen molar-refractivity contribution in [1.82, 2.24) is 0 Å². The molecule has 0 amide bonds. The molecule has 0 saturated carbocycles. The van der Waals surface area contributed by atoms with Gasteiger partial charge in [0.05, 0.1) is 17.1 Å². The van der Waals surface area contributed by atoms with Crippen molar-refractivity contribution in [3.05, 3.63) is 63.7 Å². The van der Waals surface area contributed by atoms with Gasteiger partial charge in [0, 0.05) is 0 Å². The maximum Gasteiger partial charge on any atom is 0.314 e. The first kappa shape index (κ1) is 14.9. The van der Waals surface area contributed by atoms with Crippen LogP contribution in [0.1, 0.15) is 18.6 Å². The van der Waals surface area contributed by atoms with Crippen LogP contribution in [0.3, 0.4) is 0 Å². The molecule has 7 heteroatoms. The normalized spacial score (nSPS) is 12.0. The number of hydrogen-bond acceptors (Lipinski definition) is 4. The van der Waals surface area contributed by atoms with E-state index in [9.17, 15) is 24.0 Å². The van der Waals surface area contributed by atoms with Gasteiger partial charge >= 0.3 is 5.69 Å². The molecule has 1 atom stereocenters. The first-order chi connectivity index (χ1) is 9.88. The predicted octanol–water partition coefficient (Wildman–Crippen LogP) is 3.72. The first-order valence-corrected chi connectivity index (χ1v) is 5.98. The molecule has 2 rings (SSSR count). The molecule has 0 radical (unpaired) electrons. The van der Waals surface area contributed by atoms with E-state index in [1.165, 1.54) is 19.1 Å². The Balaban J connectivity index is 2.37. The zero-order chi connectivity index (χ0) is 15.6. The summed E-state index contributed by atoms with van der Waals surface area (Å²) in [6.07, 6.45) is -0.853. The van der Waals surface area contributed by atoms with Gasteiger partial charge in [-0.15, -0.1) is 0 Å². The number of nitro benzene ring substituents is 1. The standard InChI is InChI=1S/C14H11F2NO4/c1-8(18)9-2-4-13(11(16)6-9)21-14-5-3-10(15)7-12(14)17(19)20/h2-8,18H,1H3/t8-/m0/s1. The second-order valence-corrected chi connectivity index (χ2v) is 4.34. The first-order valence-electron chi connectivity index (χ1n) is 5.98. The molecule has 0 saturated heterocycles. The van der Waals surface area contributed by atoms with E-state index in [-0.39, 0.29) is 11.5 Å². The van der Waals surface area contributed by atoms with E-state index < -0.39 is 28.3 Å². The monoisotopic (exact) mass is 295 g/mol. The zero-order valence-electron chi connectivity index (χ0n) is 10.9. The summed E-state index contributed by atoms with van der Waals surface area (Å²) in [5, 5.41) is 20.2. The van der Waals surface area contributed by atoms with Gasteiger partial charge in [0.15, 0.2) is 11.6 Å². The maximum absolute atomic E-state index is 13.8. The number of ether oxygens (including phenoxy) is 1. The number of aliphatic hydroxyl groups excluding tert-OH is 1. The largest absolute Gasteiger partial charge is 0.447 e. The van der Waals surface area contributed by atoms with Gasteiger partial charge in [-0.25, -0.2) is 8.78 Å². The minimum atomic E-state index is -0.853. The third kappa shape index (κ3) is 3.32. The van der Waals surface area contributed by atoms with Gasteiger partial charge < -0.3 is 9.84 Å². The number of rotatable bonds is 4. The Hall–Kier alpha value is -2.54. The van der Waals surface area contributed by atoms with Crippen molar-refractivity contribution in [1.29, 1.82) is 0 Å². The van der Waals surface area contributed by atoms with Crippen molar-refractivity contribution in [2.75, 3.05) is 0 Å². The second kappa shape index (κ2) is 5.84. The Labute approximate surface area is 118 Å². The van der Waals surface area contributed by atoms with Crippen LogP contribution in [0.25, 0.3) is 0 Å².